The third-order valence-corrected chi connectivity index (χ3v) is 4.45. The van der Waals surface area contributed by atoms with Gasteiger partial charge in [-0.05, 0) is 54.8 Å². The first-order chi connectivity index (χ1) is 11.9. The first kappa shape index (κ1) is 17.4. The molecule has 4 nitrogen and oxygen atoms in total. The van der Waals surface area contributed by atoms with Gasteiger partial charge in [0.05, 0.1) is 6.42 Å². The summed E-state index contributed by atoms with van der Waals surface area (Å²) in [6.45, 7) is 2.62. The van der Waals surface area contributed by atoms with Crippen LogP contribution in [0.3, 0.4) is 0 Å². The van der Waals surface area contributed by atoms with E-state index in [0.717, 1.165) is 24.2 Å². The van der Waals surface area contributed by atoms with Crippen molar-refractivity contribution >= 4 is 34.8 Å². The van der Waals surface area contributed by atoms with Crippen LogP contribution in [0.2, 0.25) is 5.02 Å². The molecule has 2 aromatic carbocycles. The van der Waals surface area contributed by atoms with Gasteiger partial charge in [-0.25, -0.2) is 4.39 Å². The fraction of sp³-hybridized carbons (Fsp3) is 0.263. The molecule has 25 heavy (non-hydrogen) atoms. The van der Waals surface area contributed by atoms with E-state index in [4.69, 9.17) is 11.6 Å². The molecule has 0 aromatic heterocycles. The average molecular weight is 361 g/mol. The van der Waals surface area contributed by atoms with Crippen molar-refractivity contribution in [3.63, 3.8) is 0 Å². The van der Waals surface area contributed by atoms with Crippen molar-refractivity contribution < 1.29 is 14.0 Å². The van der Waals surface area contributed by atoms with E-state index in [9.17, 15) is 14.0 Å². The van der Waals surface area contributed by atoms with Gasteiger partial charge in [-0.2, -0.15) is 0 Å². The largest absolute Gasteiger partial charge is 0.326 e. The summed E-state index contributed by atoms with van der Waals surface area (Å²) >= 11 is 5.71. The third-order valence-electron chi connectivity index (χ3n) is 4.21. The molecule has 0 aliphatic carbocycles. The predicted octanol–water partition coefficient (Wildman–Crippen LogP) is 4.10. The van der Waals surface area contributed by atoms with Gasteiger partial charge in [0.2, 0.25) is 11.8 Å². The number of aryl methyl sites for hydroxylation is 1. The van der Waals surface area contributed by atoms with Crippen LogP contribution in [0, 0.1) is 12.7 Å². The number of anilines is 2. The second kappa shape index (κ2) is 7.23. The molecule has 130 valence electrons. The van der Waals surface area contributed by atoms with Crippen molar-refractivity contribution in [1.29, 1.82) is 0 Å². The molecule has 1 saturated heterocycles. The molecule has 0 atom stereocenters. The normalized spacial score (nSPS) is 14.0. The Hall–Kier alpha value is -2.40. The first-order valence-corrected chi connectivity index (χ1v) is 8.46. The second-order valence-corrected chi connectivity index (χ2v) is 6.55. The van der Waals surface area contributed by atoms with Crippen LogP contribution in [-0.2, 0) is 16.0 Å². The summed E-state index contributed by atoms with van der Waals surface area (Å²) in [5.74, 6) is -0.689. The Bertz CT molecular complexity index is 838. The quantitative estimate of drug-likeness (QED) is 0.892. The Balaban J connectivity index is 1.69. The summed E-state index contributed by atoms with van der Waals surface area (Å²) in [5.41, 5.74) is 2.68. The molecule has 0 unspecified atom stereocenters. The molecule has 0 saturated carbocycles. The molecule has 2 aromatic rings. The molecule has 1 N–H and O–H groups in total. The number of nitrogens with one attached hydrogen (secondary N) is 1. The molecule has 2 amide bonds. The van der Waals surface area contributed by atoms with E-state index in [2.05, 4.69) is 5.32 Å². The number of nitrogens with zero attached hydrogens (tertiary/aromatic N) is 1. The van der Waals surface area contributed by atoms with Crippen LogP contribution in [0.4, 0.5) is 15.8 Å². The van der Waals surface area contributed by atoms with Crippen molar-refractivity contribution in [2.75, 3.05) is 16.8 Å². The minimum atomic E-state index is -0.498. The molecule has 0 spiro atoms. The monoisotopic (exact) mass is 360 g/mol. The van der Waals surface area contributed by atoms with Crippen LogP contribution >= 0.6 is 11.6 Å². The molecule has 1 heterocycles. The van der Waals surface area contributed by atoms with Crippen LogP contribution in [-0.4, -0.2) is 18.4 Å². The molecule has 1 aliphatic heterocycles. The van der Waals surface area contributed by atoms with Crippen LogP contribution in [0.15, 0.2) is 36.4 Å². The van der Waals surface area contributed by atoms with Gasteiger partial charge < -0.3 is 10.2 Å². The van der Waals surface area contributed by atoms with E-state index in [1.54, 1.807) is 17.0 Å². The predicted molar refractivity (Wildman–Crippen MR) is 96.5 cm³/mol. The highest BCUT2D eigenvalue weighted by Gasteiger charge is 2.23. The summed E-state index contributed by atoms with van der Waals surface area (Å²) in [4.78, 5) is 25.8. The van der Waals surface area contributed by atoms with Gasteiger partial charge in [0.25, 0.3) is 0 Å². The molecule has 1 fully saturated rings. The molecule has 0 radical (unpaired) electrons. The second-order valence-electron chi connectivity index (χ2n) is 6.11. The number of hydrogen-bond donors (Lipinski definition) is 1. The maximum Gasteiger partial charge on any atom is 0.228 e. The zero-order valence-corrected chi connectivity index (χ0v) is 14.6. The number of halogens is 2. The van der Waals surface area contributed by atoms with Gasteiger partial charge in [-0.15, -0.1) is 0 Å². The van der Waals surface area contributed by atoms with Crippen LogP contribution in [0.25, 0.3) is 0 Å². The van der Waals surface area contributed by atoms with Crippen LogP contribution in [0.1, 0.15) is 24.0 Å². The topological polar surface area (TPSA) is 49.4 Å². The fourth-order valence-corrected chi connectivity index (χ4v) is 3.14. The number of amides is 2. The van der Waals surface area contributed by atoms with E-state index in [-0.39, 0.29) is 23.8 Å². The Labute approximate surface area is 150 Å². The third kappa shape index (κ3) is 3.99. The van der Waals surface area contributed by atoms with Gasteiger partial charge in [0.1, 0.15) is 5.82 Å². The number of hydrogen-bond acceptors (Lipinski definition) is 2. The molecule has 6 heteroatoms. The first-order valence-electron chi connectivity index (χ1n) is 8.09. The van der Waals surface area contributed by atoms with Gasteiger partial charge in [0, 0.05) is 29.4 Å². The molecule has 0 bridgehead atoms. The van der Waals surface area contributed by atoms with E-state index >= 15 is 0 Å². The summed E-state index contributed by atoms with van der Waals surface area (Å²) in [5, 5.41) is 3.06. The average Bonchev–Trinajstić information content (AvgIpc) is 2.96. The lowest BCUT2D eigenvalue weighted by Crippen LogP contribution is -2.24. The van der Waals surface area contributed by atoms with Gasteiger partial charge in [0.15, 0.2) is 0 Å². The molecule has 3 rings (SSSR count). The van der Waals surface area contributed by atoms with Crippen LogP contribution < -0.4 is 10.2 Å². The summed E-state index contributed by atoms with van der Waals surface area (Å²) < 4.78 is 13.8. The highest BCUT2D eigenvalue weighted by Crippen LogP contribution is 2.27. The highest BCUT2D eigenvalue weighted by molar-refractivity contribution is 6.30. The molecular weight excluding hydrogens is 343 g/mol. The Morgan fingerprint density at radius 1 is 1.28 bits per heavy atom. The number of rotatable bonds is 4. The van der Waals surface area contributed by atoms with Crippen molar-refractivity contribution in [2.45, 2.75) is 26.2 Å². The van der Waals surface area contributed by atoms with Crippen molar-refractivity contribution in [2.24, 2.45) is 0 Å². The minimum absolute atomic E-state index is 0.0750. The molecule has 1 aliphatic rings. The summed E-state index contributed by atoms with van der Waals surface area (Å²) in [6.07, 6.45) is 1.36. The maximum absolute atomic E-state index is 13.8. The number of carbonyl (C=O) groups is 2. The SMILES string of the molecule is Cc1cc(NC(=O)Cc2ccc(Cl)cc2F)ccc1N1CCCC1=O. The lowest BCUT2D eigenvalue weighted by atomic mass is 10.1. The number of carbonyl (C=O) groups excluding carboxylic acids is 2. The lowest BCUT2D eigenvalue weighted by molar-refractivity contribution is -0.117. The van der Waals surface area contributed by atoms with Crippen LogP contribution in [0.5, 0.6) is 0 Å². The van der Waals surface area contributed by atoms with Crippen molar-refractivity contribution in [1.82, 2.24) is 0 Å². The smallest absolute Gasteiger partial charge is 0.228 e. The van der Waals surface area contributed by atoms with E-state index in [0.29, 0.717) is 17.1 Å². The molecular formula is C19H18ClFN2O2. The van der Waals surface area contributed by atoms with Crippen molar-refractivity contribution in [3.05, 3.63) is 58.4 Å². The zero-order valence-electron chi connectivity index (χ0n) is 13.8. The fourth-order valence-electron chi connectivity index (χ4n) is 2.98. The Kier molecular flexibility index (Phi) is 5.04. The zero-order chi connectivity index (χ0) is 18.0. The minimum Gasteiger partial charge on any atom is -0.326 e. The van der Waals surface area contributed by atoms with E-state index in [1.165, 1.54) is 12.1 Å². The highest BCUT2D eigenvalue weighted by atomic mass is 35.5. The summed E-state index contributed by atoms with van der Waals surface area (Å²) in [7, 11) is 0. The van der Waals surface area contributed by atoms with Gasteiger partial charge in [-0.3, -0.25) is 9.59 Å². The van der Waals surface area contributed by atoms with Gasteiger partial charge in [-0.1, -0.05) is 17.7 Å². The van der Waals surface area contributed by atoms with E-state index in [1.807, 2.05) is 19.1 Å². The van der Waals surface area contributed by atoms with E-state index < -0.39 is 5.82 Å². The number of benzene rings is 2. The standard InChI is InChI=1S/C19H18ClFN2O2/c1-12-9-15(6-7-17(12)23-8-2-3-19(23)25)22-18(24)10-13-4-5-14(20)11-16(13)21/h4-7,9,11H,2-3,8,10H2,1H3,(H,22,24). The Morgan fingerprint density at radius 2 is 2.08 bits per heavy atom. The maximum atomic E-state index is 13.8. The van der Waals surface area contributed by atoms with Crippen molar-refractivity contribution in [3.8, 4) is 0 Å². The van der Waals surface area contributed by atoms with Gasteiger partial charge >= 0.3 is 0 Å². The Morgan fingerprint density at radius 3 is 2.72 bits per heavy atom. The summed E-state index contributed by atoms with van der Waals surface area (Å²) in [6, 6.07) is 9.65. The lowest BCUT2D eigenvalue weighted by Gasteiger charge is -2.19.